The van der Waals surface area contributed by atoms with Crippen LogP contribution in [0.15, 0.2) is 22.8 Å². The lowest BCUT2D eigenvalue weighted by Gasteiger charge is -2.02. The van der Waals surface area contributed by atoms with E-state index in [4.69, 9.17) is 10.2 Å². The summed E-state index contributed by atoms with van der Waals surface area (Å²) in [5.41, 5.74) is 11.2. The number of rotatable bonds is 5. The van der Waals surface area contributed by atoms with Crippen molar-refractivity contribution < 1.29 is 4.42 Å². The van der Waals surface area contributed by atoms with Gasteiger partial charge in [0.1, 0.15) is 5.76 Å². The van der Waals surface area contributed by atoms with Gasteiger partial charge in [-0.15, -0.1) is 0 Å². The maximum absolute atomic E-state index is 5.26. The van der Waals surface area contributed by atoms with E-state index in [0.29, 0.717) is 13.1 Å². The summed E-state index contributed by atoms with van der Waals surface area (Å²) in [6.07, 6.45) is 1.65. The average Bonchev–Trinajstić information content (AvgIpc) is 2.50. The molecule has 0 atom stereocenters. The second kappa shape index (κ2) is 4.90. The minimum atomic E-state index is 0.630. The van der Waals surface area contributed by atoms with E-state index in [9.17, 15) is 0 Å². The van der Waals surface area contributed by atoms with Crippen molar-refractivity contribution in [1.29, 1.82) is 0 Å². The van der Waals surface area contributed by atoms with Crippen molar-refractivity contribution in [3.05, 3.63) is 24.2 Å². The highest BCUT2D eigenvalue weighted by Crippen LogP contribution is 1.97. The van der Waals surface area contributed by atoms with Crippen LogP contribution in [0.1, 0.15) is 5.76 Å². The average molecular weight is 155 g/mol. The van der Waals surface area contributed by atoms with Crippen molar-refractivity contribution in [2.75, 3.05) is 13.1 Å². The summed E-state index contributed by atoms with van der Waals surface area (Å²) >= 11 is 0. The molecule has 1 rings (SSSR count). The maximum Gasteiger partial charge on any atom is 0.118 e. The third kappa shape index (κ3) is 3.18. The van der Waals surface area contributed by atoms with Crippen molar-refractivity contribution in [1.82, 2.24) is 10.9 Å². The molecule has 11 heavy (non-hydrogen) atoms. The van der Waals surface area contributed by atoms with E-state index in [0.717, 1.165) is 12.3 Å². The molecule has 0 aromatic carbocycles. The highest BCUT2D eigenvalue weighted by atomic mass is 16.3. The van der Waals surface area contributed by atoms with Crippen molar-refractivity contribution in [3.63, 3.8) is 0 Å². The summed E-state index contributed by atoms with van der Waals surface area (Å²) in [6.45, 7) is 2.08. The molecule has 0 radical (unpaired) electrons. The number of hydrogen-bond acceptors (Lipinski definition) is 4. The maximum atomic E-state index is 5.26. The summed E-state index contributed by atoms with van der Waals surface area (Å²) in [5.74, 6) is 0.912. The molecule has 0 spiro atoms. The molecule has 4 heteroatoms. The van der Waals surface area contributed by atoms with Gasteiger partial charge in [0.05, 0.1) is 12.8 Å². The molecule has 1 heterocycles. The Kier molecular flexibility index (Phi) is 3.68. The zero-order chi connectivity index (χ0) is 7.94. The fraction of sp³-hybridized carbons (Fsp3) is 0.429. The highest BCUT2D eigenvalue weighted by molar-refractivity contribution is 4.96. The van der Waals surface area contributed by atoms with E-state index in [1.807, 2.05) is 12.1 Å². The van der Waals surface area contributed by atoms with Gasteiger partial charge >= 0.3 is 0 Å². The number of hydrogen-bond donors (Lipinski definition) is 3. The Balaban J connectivity index is 2.04. The molecule has 0 fully saturated rings. The molecule has 0 unspecified atom stereocenters. The lowest BCUT2D eigenvalue weighted by molar-refractivity contribution is 0.449. The van der Waals surface area contributed by atoms with Gasteiger partial charge in [-0.2, -0.15) is 0 Å². The molecule has 0 bridgehead atoms. The third-order valence-electron chi connectivity index (χ3n) is 1.24. The van der Waals surface area contributed by atoms with Gasteiger partial charge in [0.2, 0.25) is 0 Å². The Morgan fingerprint density at radius 1 is 1.45 bits per heavy atom. The Labute approximate surface area is 65.7 Å². The molecular formula is C7H13N3O. The molecular weight excluding hydrogens is 142 g/mol. The largest absolute Gasteiger partial charge is 0.468 e. The molecule has 0 amide bonds. The van der Waals surface area contributed by atoms with Crippen LogP contribution in [-0.4, -0.2) is 13.1 Å². The van der Waals surface area contributed by atoms with Gasteiger partial charge in [-0.1, -0.05) is 0 Å². The Morgan fingerprint density at radius 3 is 3.00 bits per heavy atom. The molecule has 0 saturated carbocycles. The lowest BCUT2D eigenvalue weighted by atomic mass is 10.5. The van der Waals surface area contributed by atoms with E-state index >= 15 is 0 Å². The van der Waals surface area contributed by atoms with Gasteiger partial charge < -0.3 is 10.2 Å². The van der Waals surface area contributed by atoms with Gasteiger partial charge in [-0.05, 0) is 12.1 Å². The van der Waals surface area contributed by atoms with E-state index in [-0.39, 0.29) is 0 Å². The quantitative estimate of drug-likeness (QED) is 0.408. The van der Waals surface area contributed by atoms with Crippen LogP contribution < -0.4 is 16.6 Å². The van der Waals surface area contributed by atoms with Crippen LogP contribution in [0.25, 0.3) is 0 Å². The summed E-state index contributed by atoms with van der Waals surface area (Å²) in [4.78, 5) is 0. The van der Waals surface area contributed by atoms with Crippen molar-refractivity contribution in [2.24, 2.45) is 5.73 Å². The number of nitrogens with one attached hydrogen (secondary N) is 2. The Hall–Kier alpha value is -0.840. The summed E-state index contributed by atoms with van der Waals surface area (Å²) < 4.78 is 5.08. The van der Waals surface area contributed by atoms with Crippen LogP contribution in [-0.2, 0) is 6.54 Å². The fourth-order valence-electron chi connectivity index (χ4n) is 0.723. The van der Waals surface area contributed by atoms with Gasteiger partial charge in [-0.25, -0.2) is 0 Å². The lowest BCUT2D eigenvalue weighted by Crippen LogP contribution is -2.35. The van der Waals surface area contributed by atoms with E-state index in [1.54, 1.807) is 6.26 Å². The van der Waals surface area contributed by atoms with Gasteiger partial charge in [0, 0.05) is 13.1 Å². The first kappa shape index (κ1) is 8.26. The van der Waals surface area contributed by atoms with Crippen LogP contribution in [0.2, 0.25) is 0 Å². The normalized spacial score (nSPS) is 10.3. The molecule has 1 aromatic heterocycles. The van der Waals surface area contributed by atoms with Crippen molar-refractivity contribution >= 4 is 0 Å². The van der Waals surface area contributed by atoms with Crippen molar-refractivity contribution in [2.45, 2.75) is 6.54 Å². The topological polar surface area (TPSA) is 63.2 Å². The monoisotopic (exact) mass is 155 g/mol. The second-order valence-corrected chi connectivity index (χ2v) is 2.15. The van der Waals surface area contributed by atoms with Crippen LogP contribution in [0.3, 0.4) is 0 Å². The summed E-state index contributed by atoms with van der Waals surface area (Å²) in [7, 11) is 0. The van der Waals surface area contributed by atoms with E-state index in [2.05, 4.69) is 10.9 Å². The first-order valence-corrected chi connectivity index (χ1v) is 3.61. The van der Waals surface area contributed by atoms with Crippen LogP contribution in [0, 0.1) is 0 Å². The number of furan rings is 1. The summed E-state index contributed by atoms with van der Waals surface area (Å²) in [6, 6.07) is 3.77. The smallest absolute Gasteiger partial charge is 0.118 e. The molecule has 0 aliphatic carbocycles. The van der Waals surface area contributed by atoms with E-state index in [1.165, 1.54) is 0 Å². The zero-order valence-corrected chi connectivity index (χ0v) is 6.34. The number of nitrogens with two attached hydrogens (primary N) is 1. The van der Waals surface area contributed by atoms with Gasteiger partial charge in [0.25, 0.3) is 0 Å². The van der Waals surface area contributed by atoms with Gasteiger partial charge in [0.15, 0.2) is 0 Å². The molecule has 0 aliphatic rings. The van der Waals surface area contributed by atoms with Crippen LogP contribution in [0.4, 0.5) is 0 Å². The third-order valence-corrected chi connectivity index (χ3v) is 1.24. The molecule has 62 valence electrons. The highest BCUT2D eigenvalue weighted by Gasteiger charge is 1.91. The first-order chi connectivity index (χ1) is 5.43. The standard InChI is InChI=1S/C7H13N3O/c8-3-4-9-10-6-7-2-1-5-11-7/h1-2,5,9-10H,3-4,6,8H2. The molecule has 4 N–H and O–H groups in total. The Bertz CT molecular complexity index is 174. The van der Waals surface area contributed by atoms with E-state index < -0.39 is 0 Å². The number of hydrazine groups is 1. The predicted octanol–water partition coefficient (Wildman–Crippen LogP) is -0.167. The molecule has 1 aromatic rings. The minimum Gasteiger partial charge on any atom is -0.468 e. The molecule has 4 nitrogen and oxygen atoms in total. The van der Waals surface area contributed by atoms with Gasteiger partial charge in [-0.3, -0.25) is 10.9 Å². The first-order valence-electron chi connectivity index (χ1n) is 3.61. The van der Waals surface area contributed by atoms with Crippen molar-refractivity contribution in [3.8, 4) is 0 Å². The molecule has 0 aliphatic heterocycles. The Morgan fingerprint density at radius 2 is 2.36 bits per heavy atom. The van der Waals surface area contributed by atoms with Crippen LogP contribution >= 0.6 is 0 Å². The predicted molar refractivity (Wildman–Crippen MR) is 42.6 cm³/mol. The second-order valence-electron chi connectivity index (χ2n) is 2.15. The molecule has 0 saturated heterocycles. The minimum absolute atomic E-state index is 0.630. The SMILES string of the molecule is NCCNNCc1ccco1. The fourth-order valence-corrected chi connectivity index (χ4v) is 0.723. The zero-order valence-electron chi connectivity index (χ0n) is 6.34. The van der Waals surface area contributed by atoms with Crippen LogP contribution in [0.5, 0.6) is 0 Å². The summed E-state index contributed by atoms with van der Waals surface area (Å²) in [5, 5.41) is 0.